The normalized spacial score (nSPS) is 10.1. The van der Waals surface area contributed by atoms with E-state index >= 15 is 0 Å². The standard InChI is InChI=1S/C13H10FNO3/c1-18-10-4-9(6-15-7-10)8-2-3-11(13(16)17)12(14)5-8/h2-7H,1H3,(H,16,17). The number of halogens is 1. The van der Waals surface area contributed by atoms with E-state index in [1.165, 1.54) is 31.5 Å². The number of rotatable bonds is 3. The number of ether oxygens (including phenoxy) is 1. The maximum Gasteiger partial charge on any atom is 0.338 e. The summed E-state index contributed by atoms with van der Waals surface area (Å²) in [5, 5.41) is 8.74. The van der Waals surface area contributed by atoms with Crippen LogP contribution in [0.4, 0.5) is 4.39 Å². The lowest BCUT2D eigenvalue weighted by Gasteiger charge is -2.05. The molecule has 0 aliphatic carbocycles. The quantitative estimate of drug-likeness (QED) is 0.905. The second-order valence-electron chi connectivity index (χ2n) is 3.61. The van der Waals surface area contributed by atoms with Gasteiger partial charge in [0.2, 0.25) is 0 Å². The fourth-order valence-corrected chi connectivity index (χ4v) is 1.56. The summed E-state index contributed by atoms with van der Waals surface area (Å²) in [5.74, 6) is -1.51. The van der Waals surface area contributed by atoms with Crippen LogP contribution in [0.3, 0.4) is 0 Å². The minimum absolute atomic E-state index is 0.352. The topological polar surface area (TPSA) is 59.4 Å². The van der Waals surface area contributed by atoms with Crippen LogP contribution in [-0.2, 0) is 0 Å². The number of pyridine rings is 1. The Morgan fingerprint density at radius 2 is 2.06 bits per heavy atom. The van der Waals surface area contributed by atoms with E-state index in [2.05, 4.69) is 4.98 Å². The molecule has 4 nitrogen and oxygen atoms in total. The highest BCUT2D eigenvalue weighted by Crippen LogP contribution is 2.24. The molecule has 0 spiro atoms. The van der Waals surface area contributed by atoms with E-state index in [9.17, 15) is 9.18 Å². The van der Waals surface area contributed by atoms with Crippen LogP contribution in [0.15, 0.2) is 36.7 Å². The van der Waals surface area contributed by atoms with E-state index in [4.69, 9.17) is 9.84 Å². The van der Waals surface area contributed by atoms with Gasteiger partial charge < -0.3 is 9.84 Å². The molecule has 92 valence electrons. The van der Waals surface area contributed by atoms with Gasteiger partial charge in [-0.3, -0.25) is 4.98 Å². The third kappa shape index (κ3) is 2.29. The number of methoxy groups -OCH3 is 1. The first-order valence-electron chi connectivity index (χ1n) is 5.14. The Kier molecular flexibility index (Phi) is 3.23. The molecule has 0 aliphatic rings. The Morgan fingerprint density at radius 1 is 1.28 bits per heavy atom. The Bertz CT molecular complexity index is 599. The fraction of sp³-hybridized carbons (Fsp3) is 0.0769. The molecule has 1 heterocycles. The van der Waals surface area contributed by atoms with Crippen LogP contribution < -0.4 is 4.74 Å². The average Bonchev–Trinajstić information content (AvgIpc) is 2.38. The summed E-state index contributed by atoms with van der Waals surface area (Å²) in [6.45, 7) is 0. The first kappa shape index (κ1) is 12.0. The van der Waals surface area contributed by atoms with Gasteiger partial charge in [-0.05, 0) is 23.8 Å². The molecule has 0 fully saturated rings. The van der Waals surface area contributed by atoms with Gasteiger partial charge in [-0.25, -0.2) is 9.18 Å². The van der Waals surface area contributed by atoms with Crippen LogP contribution in [0.5, 0.6) is 5.75 Å². The molecular formula is C13H10FNO3. The average molecular weight is 247 g/mol. The molecule has 0 bridgehead atoms. The molecule has 0 saturated carbocycles. The minimum atomic E-state index is -1.29. The Morgan fingerprint density at radius 3 is 2.67 bits per heavy atom. The summed E-state index contributed by atoms with van der Waals surface area (Å²) in [6.07, 6.45) is 3.09. The van der Waals surface area contributed by atoms with Crippen molar-refractivity contribution in [2.45, 2.75) is 0 Å². The number of hydrogen-bond donors (Lipinski definition) is 1. The van der Waals surface area contributed by atoms with Crippen molar-refractivity contribution in [3.63, 3.8) is 0 Å². The first-order valence-corrected chi connectivity index (χ1v) is 5.14. The molecular weight excluding hydrogens is 237 g/mol. The van der Waals surface area contributed by atoms with Crippen molar-refractivity contribution in [2.24, 2.45) is 0 Å². The number of carboxylic acid groups (broad SMARTS) is 1. The van der Waals surface area contributed by atoms with E-state index in [1.54, 1.807) is 12.3 Å². The molecule has 0 unspecified atom stereocenters. The molecule has 1 aromatic heterocycles. The second kappa shape index (κ2) is 4.83. The smallest absolute Gasteiger partial charge is 0.338 e. The highest BCUT2D eigenvalue weighted by atomic mass is 19.1. The third-order valence-electron chi connectivity index (χ3n) is 2.48. The van der Waals surface area contributed by atoms with Crippen LogP contribution in [0, 0.1) is 5.82 Å². The van der Waals surface area contributed by atoms with E-state index in [0.29, 0.717) is 16.9 Å². The Labute approximate surface area is 103 Å². The van der Waals surface area contributed by atoms with Crippen LogP contribution in [-0.4, -0.2) is 23.2 Å². The van der Waals surface area contributed by atoms with Crippen molar-refractivity contribution in [1.82, 2.24) is 4.98 Å². The lowest BCUT2D eigenvalue weighted by atomic mass is 10.0. The second-order valence-corrected chi connectivity index (χ2v) is 3.61. The molecule has 2 rings (SSSR count). The molecule has 0 aliphatic heterocycles. The number of hydrogen-bond acceptors (Lipinski definition) is 3. The zero-order valence-electron chi connectivity index (χ0n) is 9.55. The summed E-state index contributed by atoms with van der Waals surface area (Å²) in [7, 11) is 1.51. The van der Waals surface area contributed by atoms with Gasteiger partial charge in [-0.15, -0.1) is 0 Å². The van der Waals surface area contributed by atoms with Crippen molar-refractivity contribution < 1.29 is 19.0 Å². The first-order chi connectivity index (χ1) is 8.61. The zero-order valence-corrected chi connectivity index (χ0v) is 9.55. The predicted molar refractivity (Wildman–Crippen MR) is 63.1 cm³/mol. The molecule has 5 heteroatoms. The predicted octanol–water partition coefficient (Wildman–Crippen LogP) is 2.59. The van der Waals surface area contributed by atoms with Crippen molar-refractivity contribution in [3.8, 4) is 16.9 Å². The van der Waals surface area contributed by atoms with E-state index < -0.39 is 11.8 Å². The highest BCUT2D eigenvalue weighted by molar-refractivity contribution is 5.88. The van der Waals surface area contributed by atoms with Gasteiger partial charge in [-0.2, -0.15) is 0 Å². The summed E-state index contributed by atoms with van der Waals surface area (Å²) in [5.41, 5.74) is 0.851. The summed E-state index contributed by atoms with van der Waals surface area (Å²) in [4.78, 5) is 14.7. The maximum atomic E-state index is 13.5. The molecule has 0 amide bonds. The number of carbonyl (C=O) groups is 1. The summed E-state index contributed by atoms with van der Waals surface area (Å²) < 4.78 is 18.6. The minimum Gasteiger partial charge on any atom is -0.495 e. The lowest BCUT2D eigenvalue weighted by molar-refractivity contribution is 0.0692. The van der Waals surface area contributed by atoms with Crippen LogP contribution >= 0.6 is 0 Å². The van der Waals surface area contributed by atoms with E-state index in [0.717, 1.165) is 0 Å². The van der Waals surface area contributed by atoms with E-state index in [-0.39, 0.29) is 5.56 Å². The summed E-state index contributed by atoms with van der Waals surface area (Å²) >= 11 is 0. The van der Waals surface area contributed by atoms with Gasteiger partial charge >= 0.3 is 5.97 Å². The van der Waals surface area contributed by atoms with Gasteiger partial charge in [0.25, 0.3) is 0 Å². The fourth-order valence-electron chi connectivity index (χ4n) is 1.56. The number of carboxylic acids is 1. The van der Waals surface area contributed by atoms with Gasteiger partial charge in [0, 0.05) is 11.8 Å². The molecule has 2 aromatic rings. The third-order valence-corrected chi connectivity index (χ3v) is 2.48. The summed E-state index contributed by atoms with van der Waals surface area (Å²) in [6, 6.07) is 5.62. The number of aromatic nitrogens is 1. The highest BCUT2D eigenvalue weighted by Gasteiger charge is 2.11. The van der Waals surface area contributed by atoms with Gasteiger partial charge in [-0.1, -0.05) is 6.07 Å². The van der Waals surface area contributed by atoms with Gasteiger partial charge in [0.1, 0.15) is 11.6 Å². The number of benzene rings is 1. The zero-order chi connectivity index (χ0) is 13.1. The number of aromatic carboxylic acids is 1. The van der Waals surface area contributed by atoms with Gasteiger partial charge in [0.15, 0.2) is 0 Å². The van der Waals surface area contributed by atoms with Crippen molar-refractivity contribution >= 4 is 5.97 Å². The van der Waals surface area contributed by atoms with Crippen LogP contribution in [0.25, 0.3) is 11.1 Å². The number of nitrogens with zero attached hydrogens (tertiary/aromatic N) is 1. The molecule has 1 N–H and O–H groups in total. The van der Waals surface area contributed by atoms with Crippen molar-refractivity contribution in [3.05, 3.63) is 48.0 Å². The Balaban J connectivity index is 2.45. The molecule has 0 saturated heterocycles. The van der Waals surface area contributed by atoms with E-state index in [1.807, 2.05) is 0 Å². The molecule has 18 heavy (non-hydrogen) atoms. The molecule has 1 aromatic carbocycles. The monoisotopic (exact) mass is 247 g/mol. The largest absolute Gasteiger partial charge is 0.495 e. The molecule has 0 atom stereocenters. The Hall–Kier alpha value is -2.43. The van der Waals surface area contributed by atoms with Crippen LogP contribution in [0.1, 0.15) is 10.4 Å². The maximum absolute atomic E-state index is 13.5. The van der Waals surface area contributed by atoms with Crippen molar-refractivity contribution in [2.75, 3.05) is 7.11 Å². The SMILES string of the molecule is COc1cncc(-c2ccc(C(=O)O)c(F)c2)c1. The van der Waals surface area contributed by atoms with Crippen LogP contribution in [0.2, 0.25) is 0 Å². The van der Waals surface area contributed by atoms with Gasteiger partial charge in [0.05, 0.1) is 18.9 Å². The van der Waals surface area contributed by atoms with Crippen molar-refractivity contribution in [1.29, 1.82) is 0 Å². The lowest BCUT2D eigenvalue weighted by Crippen LogP contribution is -2.00. The molecule has 0 radical (unpaired) electrons.